The molecule has 28 heavy (non-hydrogen) atoms. The highest BCUT2D eigenvalue weighted by atomic mass is 35.5. The second-order valence-corrected chi connectivity index (χ2v) is 6.89. The molecule has 2 heterocycles. The molecule has 0 unspecified atom stereocenters. The Labute approximate surface area is 168 Å². The van der Waals surface area contributed by atoms with Crippen LogP contribution in [0.1, 0.15) is 24.3 Å². The lowest BCUT2D eigenvalue weighted by atomic mass is 10.00. The first-order valence-corrected chi connectivity index (χ1v) is 9.29. The summed E-state index contributed by atoms with van der Waals surface area (Å²) in [5.41, 5.74) is 1.88. The second-order valence-electron chi connectivity index (χ2n) is 6.46. The van der Waals surface area contributed by atoms with Crippen LogP contribution in [-0.4, -0.2) is 37.1 Å². The lowest BCUT2D eigenvalue weighted by Crippen LogP contribution is -2.48. The lowest BCUT2D eigenvalue weighted by Gasteiger charge is -2.30. The maximum Gasteiger partial charge on any atom is 0.338 e. The molecule has 8 heteroatoms. The number of amides is 2. The van der Waals surface area contributed by atoms with E-state index in [0.717, 1.165) is 5.56 Å². The Kier molecular flexibility index (Phi) is 6.38. The average Bonchev–Trinajstić information content (AvgIpc) is 3.18. The molecule has 3 rings (SSSR count). The first kappa shape index (κ1) is 20.0. The zero-order valence-electron chi connectivity index (χ0n) is 15.7. The maximum atomic E-state index is 12.7. The van der Waals surface area contributed by atoms with E-state index < -0.39 is 18.0 Å². The Hall–Kier alpha value is -2.77. The van der Waals surface area contributed by atoms with Crippen molar-refractivity contribution < 1.29 is 18.7 Å². The van der Waals surface area contributed by atoms with Crippen LogP contribution < -0.4 is 10.6 Å². The highest BCUT2D eigenvalue weighted by molar-refractivity contribution is 6.30. The van der Waals surface area contributed by atoms with Crippen molar-refractivity contribution in [3.63, 3.8) is 0 Å². The van der Waals surface area contributed by atoms with Crippen molar-refractivity contribution in [2.75, 3.05) is 20.2 Å². The van der Waals surface area contributed by atoms with Gasteiger partial charge in [-0.2, -0.15) is 0 Å². The maximum absolute atomic E-state index is 12.7. The third kappa shape index (κ3) is 4.74. The van der Waals surface area contributed by atoms with Crippen LogP contribution in [0.5, 0.6) is 0 Å². The number of urea groups is 1. The minimum Gasteiger partial charge on any atom is -0.467 e. The number of likely N-dealkylation sites (N-methyl/N-ethyl adjacent to an activating group) is 1. The Morgan fingerprint density at radius 1 is 1.25 bits per heavy atom. The number of esters is 1. The zero-order valence-corrected chi connectivity index (χ0v) is 16.5. The first-order valence-electron chi connectivity index (χ1n) is 8.92. The number of carbonyl (C=O) groups excluding carboxylic acids is 2. The summed E-state index contributed by atoms with van der Waals surface area (Å²) >= 11 is 5.93. The van der Waals surface area contributed by atoms with Crippen molar-refractivity contribution in [2.24, 2.45) is 0 Å². The number of furan rings is 1. The summed E-state index contributed by atoms with van der Waals surface area (Å²) in [4.78, 5) is 26.8. The van der Waals surface area contributed by atoms with Crippen molar-refractivity contribution in [1.29, 1.82) is 0 Å². The molecule has 7 nitrogen and oxygen atoms in total. The van der Waals surface area contributed by atoms with Gasteiger partial charge in [0, 0.05) is 23.8 Å². The van der Waals surface area contributed by atoms with Gasteiger partial charge in [0.05, 0.1) is 18.4 Å². The molecular formula is C20H22ClN3O4. The lowest BCUT2D eigenvalue weighted by molar-refractivity contribution is -0.139. The van der Waals surface area contributed by atoms with Gasteiger partial charge in [0.2, 0.25) is 0 Å². The Bertz CT molecular complexity index is 862. The molecule has 0 saturated carbocycles. The van der Waals surface area contributed by atoms with Gasteiger partial charge >= 0.3 is 12.0 Å². The van der Waals surface area contributed by atoms with E-state index in [0.29, 0.717) is 35.1 Å². The number of carbonyl (C=O) groups is 2. The summed E-state index contributed by atoms with van der Waals surface area (Å²) in [6.45, 7) is 2.93. The predicted molar refractivity (Wildman–Crippen MR) is 105 cm³/mol. The standard InChI is InChI=1S/C20H22ClN3O4/c1-3-27-19(25)17-15(12-24(2)11-13-6-8-14(21)9-7-13)22-20(26)23-18(17)16-5-4-10-28-16/h4-10,18H,3,11-12H2,1-2H3,(H2,22,23,26)/t18-/m1/s1. The van der Waals surface area contributed by atoms with Crippen LogP contribution in [0, 0.1) is 0 Å². The normalized spacial score (nSPS) is 16.7. The van der Waals surface area contributed by atoms with E-state index in [-0.39, 0.29) is 6.61 Å². The molecule has 1 aromatic heterocycles. The van der Waals surface area contributed by atoms with Crippen LogP contribution in [-0.2, 0) is 16.1 Å². The summed E-state index contributed by atoms with van der Waals surface area (Å²) in [5, 5.41) is 6.15. The molecule has 0 bridgehead atoms. The zero-order chi connectivity index (χ0) is 20.1. The molecule has 0 radical (unpaired) electrons. The van der Waals surface area contributed by atoms with Gasteiger partial charge in [-0.25, -0.2) is 9.59 Å². The fourth-order valence-corrected chi connectivity index (χ4v) is 3.21. The van der Waals surface area contributed by atoms with Crippen molar-refractivity contribution in [3.8, 4) is 0 Å². The molecule has 0 spiro atoms. The molecule has 2 aromatic rings. The Morgan fingerprint density at radius 3 is 2.64 bits per heavy atom. The third-order valence-corrected chi connectivity index (χ3v) is 4.52. The molecular weight excluding hydrogens is 382 g/mol. The quantitative estimate of drug-likeness (QED) is 0.693. The third-order valence-electron chi connectivity index (χ3n) is 4.27. The summed E-state index contributed by atoms with van der Waals surface area (Å²) in [7, 11) is 1.90. The van der Waals surface area contributed by atoms with Gasteiger partial charge in [-0.3, -0.25) is 4.90 Å². The Morgan fingerprint density at radius 2 is 2.00 bits per heavy atom. The first-order chi connectivity index (χ1) is 13.5. The topological polar surface area (TPSA) is 83.8 Å². The molecule has 1 aromatic carbocycles. The largest absolute Gasteiger partial charge is 0.467 e. The number of benzene rings is 1. The fourth-order valence-electron chi connectivity index (χ4n) is 3.09. The average molecular weight is 404 g/mol. The van der Waals surface area contributed by atoms with E-state index in [1.165, 1.54) is 6.26 Å². The number of nitrogens with zero attached hydrogens (tertiary/aromatic N) is 1. The van der Waals surface area contributed by atoms with E-state index >= 15 is 0 Å². The number of ether oxygens (including phenoxy) is 1. The molecule has 1 aliphatic heterocycles. The van der Waals surface area contributed by atoms with Crippen LogP contribution in [0.3, 0.4) is 0 Å². The predicted octanol–water partition coefficient (Wildman–Crippen LogP) is 3.24. The summed E-state index contributed by atoms with van der Waals surface area (Å²) < 4.78 is 10.7. The molecule has 2 amide bonds. The van der Waals surface area contributed by atoms with Gasteiger partial charge in [0.15, 0.2) is 0 Å². The van der Waals surface area contributed by atoms with E-state index in [2.05, 4.69) is 10.6 Å². The van der Waals surface area contributed by atoms with E-state index in [1.54, 1.807) is 19.1 Å². The number of hydrogen-bond acceptors (Lipinski definition) is 5. The SMILES string of the molecule is CCOC(=O)C1=C(CN(C)Cc2ccc(Cl)cc2)NC(=O)N[C@@H]1c1ccco1. The number of hydrogen-bond donors (Lipinski definition) is 2. The van der Waals surface area contributed by atoms with Gasteiger partial charge in [-0.15, -0.1) is 0 Å². The van der Waals surface area contributed by atoms with Crippen LogP contribution in [0.2, 0.25) is 5.02 Å². The van der Waals surface area contributed by atoms with E-state index in [1.807, 2.05) is 36.2 Å². The van der Waals surface area contributed by atoms with Crippen molar-refractivity contribution in [3.05, 3.63) is 70.3 Å². The highest BCUT2D eigenvalue weighted by Crippen LogP contribution is 2.28. The molecule has 0 saturated heterocycles. The minimum atomic E-state index is -0.707. The van der Waals surface area contributed by atoms with Crippen LogP contribution in [0.15, 0.2) is 58.3 Å². The Balaban J connectivity index is 1.87. The molecule has 1 atom stereocenters. The van der Waals surface area contributed by atoms with Gasteiger partial charge in [-0.05, 0) is 43.8 Å². The van der Waals surface area contributed by atoms with Crippen LogP contribution in [0.4, 0.5) is 4.79 Å². The van der Waals surface area contributed by atoms with Crippen molar-refractivity contribution >= 4 is 23.6 Å². The van der Waals surface area contributed by atoms with Gasteiger partial charge < -0.3 is 19.8 Å². The smallest absolute Gasteiger partial charge is 0.338 e. The number of halogens is 1. The van der Waals surface area contributed by atoms with Crippen LogP contribution in [0.25, 0.3) is 0 Å². The second kappa shape index (κ2) is 8.95. The summed E-state index contributed by atoms with van der Waals surface area (Å²) in [6.07, 6.45) is 1.50. The van der Waals surface area contributed by atoms with E-state index in [4.69, 9.17) is 20.8 Å². The molecule has 148 valence electrons. The molecule has 0 aliphatic carbocycles. The molecule has 1 aliphatic rings. The summed E-state index contributed by atoms with van der Waals surface area (Å²) in [5.74, 6) is -0.0259. The van der Waals surface area contributed by atoms with Gasteiger partial charge in [0.1, 0.15) is 11.8 Å². The van der Waals surface area contributed by atoms with Gasteiger partial charge in [-0.1, -0.05) is 23.7 Å². The molecule has 2 N–H and O–H groups in total. The summed E-state index contributed by atoms with van der Waals surface area (Å²) in [6, 6.07) is 9.84. The van der Waals surface area contributed by atoms with Crippen molar-refractivity contribution in [1.82, 2.24) is 15.5 Å². The fraction of sp³-hybridized carbons (Fsp3) is 0.300. The minimum absolute atomic E-state index is 0.231. The monoisotopic (exact) mass is 403 g/mol. The highest BCUT2D eigenvalue weighted by Gasteiger charge is 2.35. The number of rotatable bonds is 7. The van der Waals surface area contributed by atoms with Crippen LogP contribution >= 0.6 is 11.6 Å². The number of nitrogens with one attached hydrogen (secondary N) is 2. The van der Waals surface area contributed by atoms with Gasteiger partial charge in [0.25, 0.3) is 0 Å². The van der Waals surface area contributed by atoms with E-state index in [9.17, 15) is 9.59 Å². The molecule has 0 fully saturated rings. The van der Waals surface area contributed by atoms with Crippen molar-refractivity contribution in [2.45, 2.75) is 19.5 Å².